The summed E-state index contributed by atoms with van der Waals surface area (Å²) in [5, 5.41) is 15.2. The van der Waals surface area contributed by atoms with Gasteiger partial charge in [-0.2, -0.15) is 5.10 Å². The molecule has 1 saturated carbocycles. The van der Waals surface area contributed by atoms with Gasteiger partial charge in [0.1, 0.15) is 0 Å². The number of H-pyrrole nitrogens is 1. The first-order chi connectivity index (χ1) is 17.9. The number of pyridine rings is 1. The minimum Gasteiger partial charge on any atom is -0.478 e. The number of aromatic amines is 1. The Morgan fingerprint density at radius 3 is 2.38 bits per heavy atom. The Morgan fingerprint density at radius 2 is 1.70 bits per heavy atom. The van der Waals surface area contributed by atoms with Gasteiger partial charge in [0, 0.05) is 24.0 Å². The average molecular weight is 499 g/mol. The summed E-state index contributed by atoms with van der Waals surface area (Å²) in [7, 11) is 0. The largest absolute Gasteiger partial charge is 0.478 e. The second-order valence-corrected chi connectivity index (χ2v) is 10.5. The number of carboxylic acid groups (broad SMARTS) is 1. The molecule has 1 saturated heterocycles. The molecule has 3 heterocycles. The minimum absolute atomic E-state index is 0.00496. The van der Waals surface area contributed by atoms with Crippen molar-refractivity contribution in [2.75, 3.05) is 13.1 Å². The quantitative estimate of drug-likeness (QED) is 0.411. The van der Waals surface area contributed by atoms with Crippen molar-refractivity contribution in [2.24, 2.45) is 0 Å². The Balaban J connectivity index is 1.29. The lowest BCUT2D eigenvalue weighted by atomic mass is 9.88. The molecule has 8 heteroatoms. The van der Waals surface area contributed by atoms with E-state index in [0.29, 0.717) is 30.0 Å². The highest BCUT2D eigenvalue weighted by Crippen LogP contribution is 2.34. The van der Waals surface area contributed by atoms with Crippen LogP contribution in [-0.4, -0.2) is 49.7 Å². The van der Waals surface area contributed by atoms with E-state index in [1.54, 1.807) is 18.3 Å². The van der Waals surface area contributed by atoms with Crippen molar-refractivity contribution in [1.82, 2.24) is 19.7 Å². The van der Waals surface area contributed by atoms with Gasteiger partial charge >= 0.3 is 5.97 Å². The third kappa shape index (κ3) is 4.10. The summed E-state index contributed by atoms with van der Waals surface area (Å²) in [6.45, 7) is 3.20. The first-order valence-electron chi connectivity index (χ1n) is 13.1. The summed E-state index contributed by atoms with van der Waals surface area (Å²) in [4.78, 5) is 42.5. The highest BCUT2D eigenvalue weighted by atomic mass is 16.4. The molecule has 0 atom stereocenters. The lowest BCUT2D eigenvalue weighted by Gasteiger charge is -2.32. The first kappa shape index (κ1) is 23.5. The van der Waals surface area contributed by atoms with E-state index in [1.807, 2.05) is 40.8 Å². The van der Waals surface area contributed by atoms with Crippen LogP contribution in [0.4, 0.5) is 0 Å². The van der Waals surface area contributed by atoms with E-state index in [2.05, 4.69) is 10.1 Å². The summed E-state index contributed by atoms with van der Waals surface area (Å²) in [6.07, 6.45) is 7.74. The lowest BCUT2D eigenvalue weighted by Crippen LogP contribution is -2.38. The molecule has 0 spiro atoms. The predicted octanol–water partition coefficient (Wildman–Crippen LogP) is 5.02. The normalized spacial score (nSPS) is 17.2. The Bertz CT molecular complexity index is 1570. The molecule has 0 bridgehead atoms. The van der Waals surface area contributed by atoms with Crippen LogP contribution in [0.5, 0.6) is 0 Å². The van der Waals surface area contributed by atoms with Crippen molar-refractivity contribution in [3.8, 4) is 0 Å². The van der Waals surface area contributed by atoms with Crippen molar-refractivity contribution in [3.63, 3.8) is 0 Å². The number of carboxylic acids is 1. The molecule has 2 aromatic carbocycles. The molecule has 1 aliphatic carbocycles. The molecule has 37 heavy (non-hydrogen) atoms. The number of amides is 1. The second-order valence-electron chi connectivity index (χ2n) is 10.5. The number of likely N-dealkylation sites (tertiary alicyclic amines) is 1. The van der Waals surface area contributed by atoms with Crippen LogP contribution >= 0.6 is 0 Å². The summed E-state index contributed by atoms with van der Waals surface area (Å²) >= 11 is 0. The highest BCUT2D eigenvalue weighted by Gasteiger charge is 2.27. The van der Waals surface area contributed by atoms with Crippen LogP contribution in [0.15, 0.2) is 47.4 Å². The Labute approximate surface area is 213 Å². The van der Waals surface area contributed by atoms with E-state index >= 15 is 0 Å². The number of fused-ring (bicyclic) bond motifs is 3. The third-order valence-corrected chi connectivity index (χ3v) is 8.22. The molecule has 1 amide bonds. The fourth-order valence-electron chi connectivity index (χ4n) is 6.13. The van der Waals surface area contributed by atoms with Gasteiger partial charge in [-0.3, -0.25) is 14.3 Å². The number of nitrogens with one attached hydrogen (secondary N) is 1. The van der Waals surface area contributed by atoms with Crippen LogP contribution in [0.2, 0.25) is 0 Å². The van der Waals surface area contributed by atoms with Crippen LogP contribution in [0, 0.1) is 6.92 Å². The fraction of sp³-hybridized carbons (Fsp3) is 0.379. The summed E-state index contributed by atoms with van der Waals surface area (Å²) in [5.41, 5.74) is 4.30. The Kier molecular flexibility index (Phi) is 5.82. The maximum Gasteiger partial charge on any atom is 0.335 e. The van der Waals surface area contributed by atoms with Crippen LogP contribution in [0.1, 0.15) is 82.3 Å². The van der Waals surface area contributed by atoms with E-state index in [0.717, 1.165) is 66.1 Å². The van der Waals surface area contributed by atoms with Crippen LogP contribution in [0.25, 0.3) is 21.8 Å². The number of benzene rings is 2. The Hall–Kier alpha value is -3.94. The van der Waals surface area contributed by atoms with Crippen LogP contribution in [0.3, 0.4) is 0 Å². The Morgan fingerprint density at radius 1 is 1.00 bits per heavy atom. The summed E-state index contributed by atoms with van der Waals surface area (Å²) in [6, 6.07) is 11.2. The zero-order valence-corrected chi connectivity index (χ0v) is 20.9. The van der Waals surface area contributed by atoms with Gasteiger partial charge in [0.2, 0.25) is 0 Å². The smallest absolute Gasteiger partial charge is 0.335 e. The lowest BCUT2D eigenvalue weighted by molar-refractivity contribution is 0.0691. The first-order valence-corrected chi connectivity index (χ1v) is 13.1. The van der Waals surface area contributed by atoms with Crippen LogP contribution in [-0.2, 0) is 0 Å². The van der Waals surface area contributed by atoms with Gasteiger partial charge in [-0.05, 0) is 73.9 Å². The number of aromatic nitrogens is 3. The van der Waals surface area contributed by atoms with Gasteiger partial charge in [-0.15, -0.1) is 0 Å². The number of hydrogen-bond donors (Lipinski definition) is 2. The summed E-state index contributed by atoms with van der Waals surface area (Å²) < 4.78 is 2.00. The molecule has 8 nitrogen and oxygen atoms in total. The average Bonchev–Trinajstić information content (AvgIpc) is 3.59. The maximum atomic E-state index is 13.7. The number of hydrogen-bond acceptors (Lipinski definition) is 4. The highest BCUT2D eigenvalue weighted by molar-refractivity contribution is 6.07. The fourth-order valence-corrected chi connectivity index (χ4v) is 6.13. The third-order valence-electron chi connectivity index (χ3n) is 8.22. The van der Waals surface area contributed by atoms with E-state index in [-0.39, 0.29) is 23.1 Å². The van der Waals surface area contributed by atoms with Crippen molar-refractivity contribution in [3.05, 3.63) is 75.2 Å². The minimum atomic E-state index is -0.926. The topological polar surface area (TPSA) is 108 Å². The van der Waals surface area contributed by atoms with Crippen molar-refractivity contribution >= 4 is 33.7 Å². The SMILES string of the molecule is Cc1cc2[nH]c(=O)c3cnn(C4CCCC4)c3c2cc1C(=O)N1CCC(c2ccc(C(=O)O)cc2)CC1. The molecular weight excluding hydrogens is 468 g/mol. The molecule has 1 aliphatic heterocycles. The molecule has 2 fully saturated rings. The molecule has 6 rings (SSSR count). The van der Waals surface area contributed by atoms with Crippen molar-refractivity contribution in [2.45, 2.75) is 57.4 Å². The molecular formula is C29H30N4O4. The number of carbonyl (C=O) groups excluding carboxylic acids is 1. The zero-order valence-electron chi connectivity index (χ0n) is 20.9. The number of rotatable bonds is 4. The number of aromatic carboxylic acids is 1. The van der Waals surface area contributed by atoms with Gasteiger partial charge < -0.3 is 15.0 Å². The molecule has 0 unspecified atom stereocenters. The van der Waals surface area contributed by atoms with E-state index in [9.17, 15) is 14.4 Å². The molecule has 0 radical (unpaired) electrons. The van der Waals surface area contributed by atoms with Crippen LogP contribution < -0.4 is 5.56 Å². The molecule has 2 aromatic heterocycles. The monoisotopic (exact) mass is 498 g/mol. The van der Waals surface area contributed by atoms with Crippen molar-refractivity contribution in [1.29, 1.82) is 0 Å². The van der Waals surface area contributed by atoms with Gasteiger partial charge in [0.15, 0.2) is 0 Å². The summed E-state index contributed by atoms with van der Waals surface area (Å²) in [5.74, 6) is -0.620. The van der Waals surface area contributed by atoms with E-state index in [4.69, 9.17) is 5.11 Å². The van der Waals surface area contributed by atoms with Gasteiger partial charge in [-0.25, -0.2) is 4.79 Å². The van der Waals surface area contributed by atoms with E-state index in [1.165, 1.54) is 0 Å². The maximum absolute atomic E-state index is 13.7. The molecule has 4 aromatic rings. The predicted molar refractivity (Wildman–Crippen MR) is 141 cm³/mol. The van der Waals surface area contributed by atoms with E-state index < -0.39 is 5.97 Å². The van der Waals surface area contributed by atoms with Gasteiger partial charge in [-0.1, -0.05) is 25.0 Å². The zero-order chi connectivity index (χ0) is 25.7. The van der Waals surface area contributed by atoms with Gasteiger partial charge in [0.25, 0.3) is 11.5 Å². The standard InChI is InChI=1S/C29H30N4O4/c1-17-14-25-23(26-24(27(34)31-25)16-30-33(26)21-4-2-3-5-21)15-22(17)28(35)32-12-10-19(11-13-32)18-6-8-20(9-7-18)29(36)37/h6-9,14-16,19,21H,2-5,10-13H2,1H3,(H,31,34)(H,36,37). The number of carbonyl (C=O) groups is 2. The van der Waals surface area contributed by atoms with Crippen molar-refractivity contribution < 1.29 is 14.7 Å². The molecule has 190 valence electrons. The second kappa shape index (κ2) is 9.18. The molecule has 2 aliphatic rings. The number of nitrogens with zero attached hydrogens (tertiary/aromatic N) is 3. The number of aryl methyl sites for hydroxylation is 1. The molecule has 2 N–H and O–H groups in total. The van der Waals surface area contributed by atoms with Gasteiger partial charge in [0.05, 0.1) is 34.2 Å². The number of piperidine rings is 1.